The van der Waals surface area contributed by atoms with Crippen LogP contribution in [-0.2, 0) is 0 Å². The minimum absolute atomic E-state index is 0.00134. The maximum Gasteiger partial charge on any atom is 0.0658 e. The summed E-state index contributed by atoms with van der Waals surface area (Å²) in [4.78, 5) is 1.27. The van der Waals surface area contributed by atoms with Gasteiger partial charge in [-0.05, 0) is 45.7 Å². The lowest BCUT2D eigenvalue weighted by Crippen LogP contribution is -2.54. The highest BCUT2D eigenvalue weighted by Gasteiger charge is 2.51. The van der Waals surface area contributed by atoms with Crippen LogP contribution in [0.1, 0.15) is 54.4 Å². The number of hydrogen-bond donors (Lipinski definition) is 1. The maximum atomic E-state index is 10.7. The van der Waals surface area contributed by atoms with Crippen LogP contribution < -0.4 is 0 Å². The lowest BCUT2D eigenvalue weighted by Gasteiger charge is -2.52. The van der Waals surface area contributed by atoms with Crippen LogP contribution in [0.3, 0.4) is 0 Å². The first kappa shape index (κ1) is 16.6. The predicted molar refractivity (Wildman–Crippen MR) is 85.7 cm³/mol. The molecule has 1 N–H and O–H groups in total. The summed E-state index contributed by atoms with van der Waals surface area (Å²) < 4.78 is 0.00134. The molecule has 1 aromatic carbocycles. The van der Waals surface area contributed by atoms with E-state index >= 15 is 0 Å². The largest absolute Gasteiger partial charge is 0.390 e. The van der Waals surface area contributed by atoms with Gasteiger partial charge in [0.1, 0.15) is 0 Å². The highest BCUT2D eigenvalue weighted by atomic mass is 32.2. The molecule has 2 heteroatoms. The fraction of sp³-hybridized carbons (Fsp3) is 0.647. The van der Waals surface area contributed by atoms with Crippen molar-refractivity contribution < 1.29 is 5.11 Å². The van der Waals surface area contributed by atoms with Crippen molar-refractivity contribution in [3.8, 4) is 0 Å². The van der Waals surface area contributed by atoms with Gasteiger partial charge in [-0.1, -0.05) is 39.0 Å². The minimum atomic E-state index is -0.700. The molecule has 108 valence electrons. The van der Waals surface area contributed by atoms with Gasteiger partial charge in [-0.3, -0.25) is 0 Å². The zero-order chi connectivity index (χ0) is 14.7. The third kappa shape index (κ3) is 3.17. The van der Waals surface area contributed by atoms with E-state index in [9.17, 15) is 5.11 Å². The summed E-state index contributed by atoms with van der Waals surface area (Å²) >= 11 is 1.89. The van der Waals surface area contributed by atoms with Gasteiger partial charge in [0.05, 0.1) is 5.60 Å². The van der Waals surface area contributed by atoms with E-state index in [1.54, 1.807) is 0 Å². The Balaban J connectivity index is 3.15. The van der Waals surface area contributed by atoms with Gasteiger partial charge in [-0.15, -0.1) is 11.8 Å². The average molecular weight is 280 g/mol. The van der Waals surface area contributed by atoms with E-state index in [1.807, 2.05) is 31.7 Å². The normalized spacial score (nSPS) is 18.7. The minimum Gasteiger partial charge on any atom is -0.390 e. The Hall–Kier alpha value is -0.470. The molecule has 0 saturated heterocycles. The SMILES string of the molecule is CCC(C)(Sc1ccccc1)C(C)(CC)C(C)(C)O. The van der Waals surface area contributed by atoms with Crippen LogP contribution in [0.2, 0.25) is 0 Å². The van der Waals surface area contributed by atoms with Crippen LogP contribution in [-0.4, -0.2) is 15.5 Å². The summed E-state index contributed by atoms with van der Waals surface area (Å²) in [5.41, 5.74) is -0.844. The maximum absolute atomic E-state index is 10.7. The van der Waals surface area contributed by atoms with E-state index in [1.165, 1.54) is 4.90 Å². The molecule has 0 aromatic heterocycles. The van der Waals surface area contributed by atoms with Gasteiger partial charge in [0.15, 0.2) is 0 Å². The molecule has 0 aliphatic rings. The molecule has 0 spiro atoms. The Bertz CT molecular complexity index is 395. The zero-order valence-electron chi connectivity index (χ0n) is 13.2. The second-order valence-corrected chi connectivity index (χ2v) is 7.82. The van der Waals surface area contributed by atoms with Crippen molar-refractivity contribution in [2.45, 2.75) is 69.6 Å². The van der Waals surface area contributed by atoms with Crippen molar-refractivity contribution in [2.75, 3.05) is 0 Å². The van der Waals surface area contributed by atoms with Gasteiger partial charge in [0.2, 0.25) is 0 Å². The van der Waals surface area contributed by atoms with Crippen molar-refractivity contribution in [1.29, 1.82) is 0 Å². The lowest BCUT2D eigenvalue weighted by molar-refractivity contribution is -0.0684. The van der Waals surface area contributed by atoms with E-state index in [-0.39, 0.29) is 10.2 Å². The second-order valence-electron chi connectivity index (χ2n) is 6.24. The third-order valence-corrected chi connectivity index (χ3v) is 6.68. The van der Waals surface area contributed by atoms with Crippen LogP contribution in [0.15, 0.2) is 35.2 Å². The first-order chi connectivity index (χ1) is 8.70. The van der Waals surface area contributed by atoms with Crippen molar-refractivity contribution >= 4 is 11.8 Å². The summed E-state index contributed by atoms with van der Waals surface area (Å²) in [6.07, 6.45) is 1.99. The molecular formula is C17H28OS. The van der Waals surface area contributed by atoms with Gasteiger partial charge in [-0.25, -0.2) is 0 Å². The average Bonchev–Trinajstić information content (AvgIpc) is 2.37. The molecule has 1 rings (SSSR count). The summed E-state index contributed by atoms with van der Waals surface area (Å²) in [6, 6.07) is 10.5. The number of rotatable bonds is 6. The number of benzene rings is 1. The smallest absolute Gasteiger partial charge is 0.0658 e. The molecule has 0 fully saturated rings. The molecule has 0 heterocycles. The Labute approximate surface area is 122 Å². The van der Waals surface area contributed by atoms with E-state index in [0.29, 0.717) is 0 Å². The third-order valence-electron chi connectivity index (χ3n) is 4.99. The number of aliphatic hydroxyl groups is 1. The lowest BCUT2D eigenvalue weighted by atomic mass is 9.64. The topological polar surface area (TPSA) is 20.2 Å². The summed E-state index contributed by atoms with van der Waals surface area (Å²) in [6.45, 7) is 12.8. The molecule has 1 aromatic rings. The Kier molecular flexibility index (Phi) is 5.14. The second kappa shape index (κ2) is 5.88. The molecule has 0 aliphatic carbocycles. The van der Waals surface area contributed by atoms with Gasteiger partial charge in [0, 0.05) is 15.1 Å². The van der Waals surface area contributed by atoms with E-state index in [0.717, 1.165) is 12.8 Å². The van der Waals surface area contributed by atoms with Crippen LogP contribution in [0.25, 0.3) is 0 Å². The Morgan fingerprint density at radius 2 is 1.47 bits per heavy atom. The number of hydrogen-bond acceptors (Lipinski definition) is 2. The van der Waals surface area contributed by atoms with Gasteiger partial charge in [0.25, 0.3) is 0 Å². The molecule has 1 nitrogen and oxygen atoms in total. The van der Waals surface area contributed by atoms with Crippen LogP contribution in [0.5, 0.6) is 0 Å². The van der Waals surface area contributed by atoms with Gasteiger partial charge in [-0.2, -0.15) is 0 Å². The molecule has 0 radical (unpaired) electrons. The van der Waals surface area contributed by atoms with Crippen LogP contribution in [0.4, 0.5) is 0 Å². The summed E-state index contributed by atoms with van der Waals surface area (Å²) in [5.74, 6) is 0. The molecule has 0 bridgehead atoms. The van der Waals surface area contributed by atoms with E-state index in [2.05, 4.69) is 52.0 Å². The van der Waals surface area contributed by atoms with Gasteiger partial charge >= 0.3 is 0 Å². The summed E-state index contributed by atoms with van der Waals surface area (Å²) in [5, 5.41) is 10.7. The molecule has 2 atom stereocenters. The molecule has 0 saturated carbocycles. The molecule has 2 unspecified atom stereocenters. The van der Waals surface area contributed by atoms with E-state index < -0.39 is 5.60 Å². The fourth-order valence-electron chi connectivity index (χ4n) is 2.78. The van der Waals surface area contributed by atoms with Gasteiger partial charge < -0.3 is 5.11 Å². The van der Waals surface area contributed by atoms with Crippen molar-refractivity contribution in [3.05, 3.63) is 30.3 Å². The predicted octanol–water partition coefficient (Wildman–Crippen LogP) is 5.13. The molecule has 0 amide bonds. The molecule has 0 aliphatic heterocycles. The monoisotopic (exact) mass is 280 g/mol. The zero-order valence-corrected chi connectivity index (χ0v) is 14.0. The Morgan fingerprint density at radius 3 is 1.84 bits per heavy atom. The molecule has 19 heavy (non-hydrogen) atoms. The van der Waals surface area contributed by atoms with Crippen molar-refractivity contribution in [3.63, 3.8) is 0 Å². The van der Waals surface area contributed by atoms with E-state index in [4.69, 9.17) is 0 Å². The quantitative estimate of drug-likeness (QED) is 0.729. The standard InChI is InChI=1S/C17H28OS/c1-7-16(5,15(3,4)18)17(6,8-2)19-14-12-10-9-11-13-14/h9-13,18H,7-8H2,1-6H3. The first-order valence-electron chi connectivity index (χ1n) is 7.16. The molecular weight excluding hydrogens is 252 g/mol. The number of thioether (sulfide) groups is 1. The highest BCUT2D eigenvalue weighted by Crippen LogP contribution is 2.54. The van der Waals surface area contributed by atoms with Crippen LogP contribution in [0, 0.1) is 5.41 Å². The van der Waals surface area contributed by atoms with Crippen molar-refractivity contribution in [1.82, 2.24) is 0 Å². The fourth-order valence-corrected chi connectivity index (χ4v) is 4.35. The van der Waals surface area contributed by atoms with Crippen molar-refractivity contribution in [2.24, 2.45) is 5.41 Å². The van der Waals surface area contributed by atoms with Crippen LogP contribution >= 0.6 is 11.8 Å². The highest BCUT2D eigenvalue weighted by molar-refractivity contribution is 8.00. The first-order valence-corrected chi connectivity index (χ1v) is 7.98. The summed E-state index contributed by atoms with van der Waals surface area (Å²) in [7, 11) is 0. The Morgan fingerprint density at radius 1 is 0.947 bits per heavy atom.